The lowest BCUT2D eigenvalue weighted by molar-refractivity contribution is -0.129. The van der Waals surface area contributed by atoms with Crippen molar-refractivity contribution in [2.75, 3.05) is 0 Å². The molecule has 1 aromatic heterocycles. The molecule has 1 fully saturated rings. The number of aryl methyl sites for hydroxylation is 1. The first-order valence-electron chi connectivity index (χ1n) is 8.43. The van der Waals surface area contributed by atoms with Gasteiger partial charge in [-0.1, -0.05) is 18.1 Å². The Kier molecular flexibility index (Phi) is 4.78. The van der Waals surface area contributed by atoms with Gasteiger partial charge in [-0.25, -0.2) is 9.48 Å². The average Bonchev–Trinajstić information content (AvgIpc) is 3.22. The molecule has 128 valence electrons. The molecule has 0 bridgehead atoms. The highest BCUT2D eigenvalue weighted by Crippen LogP contribution is 2.18. The Morgan fingerprint density at radius 1 is 1.38 bits per heavy atom. The molecule has 24 heavy (non-hydrogen) atoms. The van der Waals surface area contributed by atoms with E-state index in [9.17, 15) is 9.59 Å². The van der Waals surface area contributed by atoms with Crippen molar-refractivity contribution in [3.8, 4) is 0 Å². The molecular weight excluding hydrogens is 308 g/mol. The molecule has 1 N–H and O–H groups in total. The van der Waals surface area contributed by atoms with Crippen LogP contribution in [0.4, 0.5) is 0 Å². The van der Waals surface area contributed by atoms with Crippen LogP contribution in [-0.2, 0) is 16.1 Å². The highest BCUT2D eigenvalue weighted by molar-refractivity contribution is 5.95. The lowest BCUT2D eigenvalue weighted by atomic mass is 10.2. The zero-order chi connectivity index (χ0) is 17.1. The number of ether oxygens (including phenoxy) is 1. The standard InChI is InChI=1S/C17H22N4O3/c1-3-21-15-9-8-12(10-14(15)19-20-21)17(23)24-11(2)16(22)18-13-6-4-5-7-13/h8-11,13H,3-7H2,1-2H3,(H,18,22)/t11-/m0/s1. The molecule has 1 aromatic carbocycles. The maximum atomic E-state index is 12.3. The summed E-state index contributed by atoms with van der Waals surface area (Å²) < 4.78 is 7.04. The Labute approximate surface area is 140 Å². The Bertz CT molecular complexity index is 749. The van der Waals surface area contributed by atoms with Crippen molar-refractivity contribution in [1.29, 1.82) is 0 Å². The first-order valence-corrected chi connectivity index (χ1v) is 8.43. The van der Waals surface area contributed by atoms with E-state index in [2.05, 4.69) is 15.6 Å². The summed E-state index contributed by atoms with van der Waals surface area (Å²) in [5.41, 5.74) is 1.86. The maximum absolute atomic E-state index is 12.3. The number of rotatable bonds is 5. The zero-order valence-corrected chi connectivity index (χ0v) is 14.0. The number of carbonyl (C=O) groups is 2. The third kappa shape index (κ3) is 3.39. The van der Waals surface area contributed by atoms with Crippen LogP contribution in [0.25, 0.3) is 11.0 Å². The van der Waals surface area contributed by atoms with E-state index in [-0.39, 0.29) is 11.9 Å². The number of nitrogens with one attached hydrogen (secondary N) is 1. The Balaban J connectivity index is 1.64. The highest BCUT2D eigenvalue weighted by atomic mass is 16.5. The first-order chi connectivity index (χ1) is 11.6. The summed E-state index contributed by atoms with van der Waals surface area (Å²) >= 11 is 0. The van der Waals surface area contributed by atoms with Gasteiger partial charge >= 0.3 is 5.97 Å². The van der Waals surface area contributed by atoms with Crippen LogP contribution in [0.15, 0.2) is 18.2 Å². The lowest BCUT2D eigenvalue weighted by Crippen LogP contribution is -2.40. The van der Waals surface area contributed by atoms with Crippen LogP contribution >= 0.6 is 0 Å². The molecule has 1 aliphatic rings. The molecule has 7 nitrogen and oxygen atoms in total. The van der Waals surface area contributed by atoms with Crippen LogP contribution in [0.3, 0.4) is 0 Å². The van der Waals surface area contributed by atoms with Gasteiger partial charge < -0.3 is 10.1 Å². The minimum Gasteiger partial charge on any atom is -0.449 e. The highest BCUT2D eigenvalue weighted by Gasteiger charge is 2.23. The second-order valence-corrected chi connectivity index (χ2v) is 6.15. The Morgan fingerprint density at radius 3 is 2.83 bits per heavy atom. The molecule has 1 amide bonds. The molecule has 1 heterocycles. The van der Waals surface area contributed by atoms with E-state index in [4.69, 9.17) is 4.74 Å². The predicted molar refractivity (Wildman–Crippen MR) is 88.5 cm³/mol. The van der Waals surface area contributed by atoms with Crippen LogP contribution in [0.5, 0.6) is 0 Å². The number of carbonyl (C=O) groups excluding carboxylic acids is 2. The van der Waals surface area contributed by atoms with Gasteiger partial charge in [-0.2, -0.15) is 0 Å². The van der Waals surface area contributed by atoms with Gasteiger partial charge in [-0.05, 0) is 44.9 Å². The van der Waals surface area contributed by atoms with E-state index >= 15 is 0 Å². The van der Waals surface area contributed by atoms with Gasteiger partial charge in [0.1, 0.15) is 5.52 Å². The number of esters is 1. The third-order valence-corrected chi connectivity index (χ3v) is 4.40. The molecular formula is C17H22N4O3. The van der Waals surface area contributed by atoms with Gasteiger partial charge in [-0.15, -0.1) is 5.10 Å². The second kappa shape index (κ2) is 6.98. The molecule has 2 aromatic rings. The molecule has 0 unspecified atom stereocenters. The minimum atomic E-state index is -0.819. The number of benzene rings is 1. The largest absolute Gasteiger partial charge is 0.449 e. The molecule has 0 aliphatic heterocycles. The first kappa shape index (κ1) is 16.4. The fraction of sp³-hybridized carbons (Fsp3) is 0.529. The van der Waals surface area contributed by atoms with Crippen LogP contribution in [0.2, 0.25) is 0 Å². The van der Waals surface area contributed by atoms with Crippen molar-refractivity contribution < 1.29 is 14.3 Å². The van der Waals surface area contributed by atoms with Crippen molar-refractivity contribution in [3.05, 3.63) is 23.8 Å². The molecule has 0 spiro atoms. The number of nitrogens with zero attached hydrogens (tertiary/aromatic N) is 3. The van der Waals surface area contributed by atoms with Crippen LogP contribution in [0, 0.1) is 0 Å². The fourth-order valence-corrected chi connectivity index (χ4v) is 3.00. The van der Waals surface area contributed by atoms with Crippen LogP contribution in [-0.4, -0.2) is 39.0 Å². The van der Waals surface area contributed by atoms with Crippen LogP contribution < -0.4 is 5.32 Å². The Morgan fingerprint density at radius 2 is 2.12 bits per heavy atom. The van der Waals surface area contributed by atoms with E-state index in [1.807, 2.05) is 6.92 Å². The van der Waals surface area contributed by atoms with Crippen molar-refractivity contribution in [2.45, 2.75) is 58.2 Å². The number of hydrogen-bond acceptors (Lipinski definition) is 5. The van der Waals surface area contributed by atoms with Gasteiger partial charge in [0.25, 0.3) is 5.91 Å². The summed E-state index contributed by atoms with van der Waals surface area (Å²) in [5.74, 6) is -0.773. The van der Waals surface area contributed by atoms with Gasteiger partial charge in [0.2, 0.25) is 0 Å². The average molecular weight is 330 g/mol. The predicted octanol–water partition coefficient (Wildman–Crippen LogP) is 2.06. The summed E-state index contributed by atoms with van der Waals surface area (Å²) in [7, 11) is 0. The topological polar surface area (TPSA) is 86.1 Å². The lowest BCUT2D eigenvalue weighted by Gasteiger charge is -2.17. The normalized spacial score (nSPS) is 16.2. The van der Waals surface area contributed by atoms with Crippen LogP contribution in [0.1, 0.15) is 49.9 Å². The van der Waals surface area contributed by atoms with E-state index < -0.39 is 12.1 Å². The molecule has 3 rings (SSSR count). The minimum absolute atomic E-state index is 0.207. The van der Waals surface area contributed by atoms with E-state index in [1.54, 1.807) is 29.8 Å². The molecule has 7 heteroatoms. The molecule has 1 atom stereocenters. The summed E-state index contributed by atoms with van der Waals surface area (Å²) in [6.07, 6.45) is 3.45. The summed E-state index contributed by atoms with van der Waals surface area (Å²) in [4.78, 5) is 24.4. The summed E-state index contributed by atoms with van der Waals surface area (Å²) in [6, 6.07) is 5.30. The second-order valence-electron chi connectivity index (χ2n) is 6.15. The number of fused-ring (bicyclic) bond motifs is 1. The summed E-state index contributed by atoms with van der Waals surface area (Å²) in [6.45, 7) is 4.27. The Hall–Kier alpha value is -2.44. The van der Waals surface area contributed by atoms with E-state index in [0.29, 0.717) is 17.6 Å². The SMILES string of the molecule is CCn1nnc2cc(C(=O)O[C@@H](C)C(=O)NC3CCCC3)ccc21. The molecule has 0 saturated heterocycles. The molecule has 0 radical (unpaired) electrons. The van der Waals surface area contributed by atoms with E-state index in [0.717, 1.165) is 31.2 Å². The van der Waals surface area contributed by atoms with Gasteiger partial charge in [0, 0.05) is 12.6 Å². The molecule has 1 aliphatic carbocycles. The van der Waals surface area contributed by atoms with Gasteiger partial charge in [0.05, 0.1) is 11.1 Å². The zero-order valence-electron chi connectivity index (χ0n) is 14.0. The number of hydrogen-bond donors (Lipinski definition) is 1. The maximum Gasteiger partial charge on any atom is 0.338 e. The smallest absolute Gasteiger partial charge is 0.338 e. The molecule has 1 saturated carbocycles. The summed E-state index contributed by atoms with van der Waals surface area (Å²) in [5, 5.41) is 11.0. The fourth-order valence-electron chi connectivity index (χ4n) is 3.00. The van der Waals surface area contributed by atoms with Gasteiger partial charge in [-0.3, -0.25) is 4.79 Å². The third-order valence-electron chi connectivity index (χ3n) is 4.40. The van der Waals surface area contributed by atoms with Gasteiger partial charge in [0.15, 0.2) is 6.10 Å². The van der Waals surface area contributed by atoms with Crippen molar-refractivity contribution in [1.82, 2.24) is 20.3 Å². The van der Waals surface area contributed by atoms with Crippen molar-refractivity contribution in [2.24, 2.45) is 0 Å². The van der Waals surface area contributed by atoms with Crippen molar-refractivity contribution in [3.63, 3.8) is 0 Å². The quantitative estimate of drug-likeness (QED) is 0.848. The van der Waals surface area contributed by atoms with E-state index in [1.165, 1.54) is 0 Å². The van der Waals surface area contributed by atoms with Crippen molar-refractivity contribution >= 4 is 22.9 Å². The monoisotopic (exact) mass is 330 g/mol. The number of aromatic nitrogens is 3. The number of amides is 1.